The molecule has 1 heterocycles. The molecule has 1 aromatic heterocycles. The number of benzene rings is 1. The molecule has 18 heavy (non-hydrogen) atoms. The van der Waals surface area contributed by atoms with Gasteiger partial charge in [-0.1, -0.05) is 12.1 Å². The summed E-state index contributed by atoms with van der Waals surface area (Å²) in [7, 11) is 0. The Kier molecular flexibility index (Phi) is 3.57. The third kappa shape index (κ3) is 2.65. The standard InChI is InChI=1S/C12H13N3O3/c1-2-18-11(17)7-15-8-13-12(14-15)9-5-3-4-6-10(9)16/h3-6,8,16H,2,7H2,1H3. The molecule has 2 aromatic rings. The van der Waals surface area contributed by atoms with Gasteiger partial charge in [-0.05, 0) is 19.1 Å². The van der Waals surface area contributed by atoms with Gasteiger partial charge in [0, 0.05) is 0 Å². The van der Waals surface area contributed by atoms with Gasteiger partial charge in [0.25, 0.3) is 0 Å². The molecule has 0 unspecified atom stereocenters. The molecule has 0 saturated heterocycles. The Morgan fingerprint density at radius 2 is 2.22 bits per heavy atom. The summed E-state index contributed by atoms with van der Waals surface area (Å²) in [6, 6.07) is 6.76. The summed E-state index contributed by atoms with van der Waals surface area (Å²) >= 11 is 0. The zero-order valence-electron chi connectivity index (χ0n) is 9.91. The van der Waals surface area contributed by atoms with Gasteiger partial charge in [-0.2, -0.15) is 5.10 Å². The molecule has 0 bridgehead atoms. The number of rotatable bonds is 4. The summed E-state index contributed by atoms with van der Waals surface area (Å²) in [5, 5.41) is 13.8. The second-order valence-corrected chi connectivity index (χ2v) is 3.59. The van der Waals surface area contributed by atoms with Crippen LogP contribution in [0.25, 0.3) is 11.4 Å². The van der Waals surface area contributed by atoms with Crippen LogP contribution in [0, 0.1) is 0 Å². The number of phenolic OH excluding ortho intramolecular Hbond substituents is 1. The average Bonchev–Trinajstić information content (AvgIpc) is 2.78. The predicted molar refractivity (Wildman–Crippen MR) is 63.8 cm³/mol. The lowest BCUT2D eigenvalue weighted by Gasteiger charge is -2.01. The fourth-order valence-corrected chi connectivity index (χ4v) is 1.50. The molecule has 94 valence electrons. The van der Waals surface area contributed by atoms with E-state index in [1.165, 1.54) is 11.0 Å². The number of hydrogen-bond acceptors (Lipinski definition) is 5. The van der Waals surface area contributed by atoms with Crippen LogP contribution in [-0.2, 0) is 16.1 Å². The number of ether oxygens (including phenoxy) is 1. The van der Waals surface area contributed by atoms with Crippen molar-refractivity contribution in [1.29, 1.82) is 0 Å². The third-order valence-electron chi connectivity index (χ3n) is 2.28. The maximum Gasteiger partial charge on any atom is 0.327 e. The molecular formula is C12H13N3O3. The van der Waals surface area contributed by atoms with E-state index in [4.69, 9.17) is 4.74 Å². The van der Waals surface area contributed by atoms with Crippen LogP contribution >= 0.6 is 0 Å². The van der Waals surface area contributed by atoms with Crippen LogP contribution in [0.4, 0.5) is 0 Å². The molecule has 6 heteroatoms. The molecule has 0 amide bonds. The summed E-state index contributed by atoms with van der Waals surface area (Å²) in [6.45, 7) is 2.08. The second kappa shape index (κ2) is 5.31. The number of carbonyl (C=O) groups excluding carboxylic acids is 1. The maximum absolute atomic E-state index is 11.3. The second-order valence-electron chi connectivity index (χ2n) is 3.59. The highest BCUT2D eigenvalue weighted by atomic mass is 16.5. The molecule has 1 aromatic carbocycles. The van der Waals surface area contributed by atoms with Crippen molar-refractivity contribution in [2.45, 2.75) is 13.5 Å². The largest absolute Gasteiger partial charge is 0.507 e. The first-order valence-electron chi connectivity index (χ1n) is 5.54. The number of nitrogens with zero attached hydrogens (tertiary/aromatic N) is 3. The van der Waals surface area contributed by atoms with Crippen LogP contribution in [0.3, 0.4) is 0 Å². The number of aromatic hydroxyl groups is 1. The number of phenols is 1. The zero-order chi connectivity index (χ0) is 13.0. The van der Waals surface area contributed by atoms with E-state index >= 15 is 0 Å². The first-order valence-corrected chi connectivity index (χ1v) is 5.54. The van der Waals surface area contributed by atoms with Crippen molar-refractivity contribution in [3.63, 3.8) is 0 Å². The van der Waals surface area contributed by atoms with Gasteiger partial charge in [0.2, 0.25) is 0 Å². The van der Waals surface area contributed by atoms with Gasteiger partial charge in [-0.25, -0.2) is 9.67 Å². The van der Waals surface area contributed by atoms with Crippen molar-refractivity contribution in [1.82, 2.24) is 14.8 Å². The molecule has 0 fully saturated rings. The van der Waals surface area contributed by atoms with Gasteiger partial charge in [0.15, 0.2) is 5.82 Å². The Labute approximate surface area is 104 Å². The fraction of sp³-hybridized carbons (Fsp3) is 0.250. The van der Waals surface area contributed by atoms with E-state index in [0.29, 0.717) is 18.0 Å². The number of esters is 1. The maximum atomic E-state index is 11.3. The quantitative estimate of drug-likeness (QED) is 0.822. The molecule has 0 aliphatic rings. The van der Waals surface area contributed by atoms with Crippen LogP contribution < -0.4 is 0 Å². The Morgan fingerprint density at radius 3 is 2.94 bits per heavy atom. The SMILES string of the molecule is CCOC(=O)Cn1cnc(-c2ccccc2O)n1. The van der Waals surface area contributed by atoms with E-state index in [-0.39, 0.29) is 18.3 Å². The van der Waals surface area contributed by atoms with Crippen molar-refractivity contribution in [3.8, 4) is 17.1 Å². The van der Waals surface area contributed by atoms with Crippen LogP contribution in [0.5, 0.6) is 5.75 Å². The van der Waals surface area contributed by atoms with Crippen LogP contribution in [-0.4, -0.2) is 32.4 Å². The van der Waals surface area contributed by atoms with E-state index in [1.54, 1.807) is 31.2 Å². The summed E-state index contributed by atoms with van der Waals surface area (Å²) < 4.78 is 6.18. The van der Waals surface area contributed by atoms with Crippen LogP contribution in [0.1, 0.15) is 6.92 Å². The topological polar surface area (TPSA) is 77.2 Å². The number of aromatic nitrogens is 3. The molecule has 0 radical (unpaired) electrons. The lowest BCUT2D eigenvalue weighted by Crippen LogP contribution is -2.13. The number of hydrogen-bond donors (Lipinski definition) is 1. The zero-order valence-corrected chi connectivity index (χ0v) is 9.91. The highest BCUT2D eigenvalue weighted by Crippen LogP contribution is 2.24. The Bertz CT molecular complexity index is 551. The summed E-state index contributed by atoms with van der Waals surface area (Å²) in [4.78, 5) is 15.3. The number of carbonyl (C=O) groups is 1. The Balaban J connectivity index is 2.16. The van der Waals surface area contributed by atoms with Crippen LogP contribution in [0.2, 0.25) is 0 Å². The molecular weight excluding hydrogens is 234 g/mol. The minimum atomic E-state index is -0.369. The van der Waals surface area contributed by atoms with Gasteiger partial charge >= 0.3 is 5.97 Å². The van der Waals surface area contributed by atoms with Crippen molar-refractivity contribution < 1.29 is 14.6 Å². The Hall–Kier alpha value is -2.37. The van der Waals surface area contributed by atoms with E-state index in [0.717, 1.165) is 0 Å². The number of para-hydroxylation sites is 1. The van der Waals surface area contributed by atoms with Crippen molar-refractivity contribution in [3.05, 3.63) is 30.6 Å². The predicted octanol–water partition coefficient (Wildman–Crippen LogP) is 1.21. The fourth-order valence-electron chi connectivity index (χ4n) is 1.50. The molecule has 0 spiro atoms. The minimum absolute atomic E-state index is 0.00837. The van der Waals surface area contributed by atoms with Crippen molar-refractivity contribution in [2.24, 2.45) is 0 Å². The molecule has 0 atom stereocenters. The summed E-state index contributed by atoms with van der Waals surface area (Å²) in [5.74, 6) is 0.106. The van der Waals surface area contributed by atoms with Crippen molar-refractivity contribution in [2.75, 3.05) is 6.61 Å². The lowest BCUT2D eigenvalue weighted by atomic mass is 10.2. The van der Waals surface area contributed by atoms with Gasteiger partial charge in [-0.15, -0.1) is 0 Å². The normalized spacial score (nSPS) is 10.3. The van der Waals surface area contributed by atoms with Crippen molar-refractivity contribution >= 4 is 5.97 Å². The average molecular weight is 247 g/mol. The monoisotopic (exact) mass is 247 g/mol. The molecule has 0 aliphatic heterocycles. The first-order chi connectivity index (χ1) is 8.70. The molecule has 1 N–H and O–H groups in total. The van der Waals surface area contributed by atoms with E-state index in [9.17, 15) is 9.90 Å². The van der Waals surface area contributed by atoms with E-state index in [1.807, 2.05) is 0 Å². The summed E-state index contributed by atoms with van der Waals surface area (Å²) in [6.07, 6.45) is 1.43. The van der Waals surface area contributed by atoms with Gasteiger partial charge in [-0.3, -0.25) is 4.79 Å². The smallest absolute Gasteiger partial charge is 0.327 e. The van der Waals surface area contributed by atoms with Gasteiger partial charge < -0.3 is 9.84 Å². The van der Waals surface area contributed by atoms with E-state index < -0.39 is 0 Å². The minimum Gasteiger partial charge on any atom is -0.507 e. The molecule has 2 rings (SSSR count). The highest BCUT2D eigenvalue weighted by Gasteiger charge is 2.10. The van der Waals surface area contributed by atoms with E-state index in [2.05, 4.69) is 10.1 Å². The lowest BCUT2D eigenvalue weighted by molar-refractivity contribution is -0.144. The highest BCUT2D eigenvalue weighted by molar-refractivity contribution is 5.69. The van der Waals surface area contributed by atoms with Gasteiger partial charge in [0.05, 0.1) is 12.2 Å². The Morgan fingerprint density at radius 1 is 1.44 bits per heavy atom. The summed E-state index contributed by atoms with van der Waals surface area (Å²) in [5.41, 5.74) is 0.528. The molecule has 6 nitrogen and oxygen atoms in total. The van der Waals surface area contributed by atoms with Gasteiger partial charge in [0.1, 0.15) is 18.6 Å². The molecule has 0 aliphatic carbocycles. The molecule has 0 saturated carbocycles. The third-order valence-corrected chi connectivity index (χ3v) is 2.28. The first kappa shape index (κ1) is 12.1. The van der Waals surface area contributed by atoms with Crippen LogP contribution in [0.15, 0.2) is 30.6 Å².